The number of nitrogens with zero attached hydrogens (tertiary/aromatic N) is 3. The van der Waals surface area contributed by atoms with Crippen molar-refractivity contribution in [2.75, 3.05) is 53.4 Å². The van der Waals surface area contributed by atoms with Gasteiger partial charge in [-0.3, -0.25) is 9.79 Å². The molecule has 1 saturated heterocycles. The van der Waals surface area contributed by atoms with Crippen molar-refractivity contribution in [1.29, 1.82) is 0 Å². The molecule has 2 rings (SSSR count). The zero-order chi connectivity index (χ0) is 19.7. The molecule has 0 radical (unpaired) electrons. The van der Waals surface area contributed by atoms with Gasteiger partial charge in [0.15, 0.2) is 5.96 Å². The number of carbonyl (C=O) groups is 1. The van der Waals surface area contributed by atoms with E-state index >= 15 is 0 Å². The van der Waals surface area contributed by atoms with Gasteiger partial charge < -0.3 is 20.4 Å². The number of amides is 1. The zero-order valence-corrected chi connectivity index (χ0v) is 18.0. The smallest absolute Gasteiger partial charge is 0.230 e. The van der Waals surface area contributed by atoms with Crippen LogP contribution in [0.5, 0.6) is 0 Å². The molecule has 0 spiro atoms. The number of hydrogen-bond donors (Lipinski definition) is 2. The Hall–Kier alpha value is -1.30. The first kappa shape index (κ1) is 22.0. The minimum absolute atomic E-state index is 0.235. The summed E-state index contributed by atoms with van der Waals surface area (Å²) in [6.07, 6.45) is 8.01. The zero-order valence-electron chi connectivity index (χ0n) is 18.0. The fraction of sp³-hybridized carbons (Fsp3) is 0.905. The maximum atomic E-state index is 12.7. The molecule has 2 aliphatic rings. The third kappa shape index (κ3) is 6.66. The van der Waals surface area contributed by atoms with Crippen LogP contribution in [0.3, 0.4) is 0 Å². The lowest BCUT2D eigenvalue weighted by molar-refractivity contribution is -0.138. The SMILES string of the molecule is CCNC(=NCC1(C(=O)N(C)C)CCCC1)NCCCN1CCCC(C)C1. The molecule has 0 aromatic heterocycles. The highest BCUT2D eigenvalue weighted by molar-refractivity contribution is 5.84. The summed E-state index contributed by atoms with van der Waals surface area (Å²) in [5, 5.41) is 6.81. The average molecular weight is 380 g/mol. The number of carbonyl (C=O) groups excluding carboxylic acids is 1. The van der Waals surface area contributed by atoms with Crippen molar-refractivity contribution in [3.05, 3.63) is 0 Å². The van der Waals surface area contributed by atoms with E-state index in [-0.39, 0.29) is 11.3 Å². The standard InChI is InChI=1S/C21H41N5O/c1-5-22-20(23-13-9-15-26-14-8-10-18(2)16-26)24-17-21(11-6-7-12-21)19(27)25(3)4/h18H,5-17H2,1-4H3,(H2,22,23,24). The van der Waals surface area contributed by atoms with Gasteiger partial charge >= 0.3 is 0 Å². The molecule has 6 nitrogen and oxygen atoms in total. The van der Waals surface area contributed by atoms with Gasteiger partial charge in [-0.1, -0.05) is 19.8 Å². The van der Waals surface area contributed by atoms with Crippen LogP contribution >= 0.6 is 0 Å². The molecule has 1 saturated carbocycles. The van der Waals surface area contributed by atoms with E-state index in [9.17, 15) is 4.79 Å². The summed E-state index contributed by atoms with van der Waals surface area (Å²) < 4.78 is 0. The van der Waals surface area contributed by atoms with Crippen LogP contribution in [0.2, 0.25) is 0 Å². The van der Waals surface area contributed by atoms with E-state index < -0.39 is 0 Å². The first-order valence-corrected chi connectivity index (χ1v) is 10.9. The third-order valence-electron chi connectivity index (χ3n) is 5.99. The van der Waals surface area contributed by atoms with Gasteiger partial charge in [-0.25, -0.2) is 0 Å². The third-order valence-corrected chi connectivity index (χ3v) is 5.99. The molecule has 6 heteroatoms. The largest absolute Gasteiger partial charge is 0.357 e. The average Bonchev–Trinajstić information content (AvgIpc) is 3.12. The van der Waals surface area contributed by atoms with E-state index in [2.05, 4.69) is 29.4 Å². The first-order valence-electron chi connectivity index (χ1n) is 10.9. The highest BCUT2D eigenvalue weighted by Gasteiger charge is 2.42. The van der Waals surface area contributed by atoms with Crippen LogP contribution in [0, 0.1) is 11.3 Å². The molecule has 156 valence electrons. The second-order valence-electron chi connectivity index (χ2n) is 8.71. The predicted octanol–water partition coefficient (Wildman–Crippen LogP) is 2.31. The predicted molar refractivity (Wildman–Crippen MR) is 113 cm³/mol. The van der Waals surface area contributed by atoms with Crippen LogP contribution in [0.25, 0.3) is 0 Å². The Kier molecular flexibility index (Phi) is 8.87. The fourth-order valence-corrected chi connectivity index (χ4v) is 4.54. The Bertz CT molecular complexity index is 485. The normalized spacial score (nSPS) is 23.3. The van der Waals surface area contributed by atoms with Gasteiger partial charge in [0.1, 0.15) is 0 Å². The molecular weight excluding hydrogens is 338 g/mol. The monoisotopic (exact) mass is 379 g/mol. The molecular formula is C21H41N5O. The number of aliphatic imine (C=N–C) groups is 1. The molecule has 1 heterocycles. The van der Waals surface area contributed by atoms with E-state index in [1.54, 1.807) is 4.90 Å². The van der Waals surface area contributed by atoms with Crippen molar-refractivity contribution >= 4 is 11.9 Å². The van der Waals surface area contributed by atoms with Crippen LogP contribution in [0.15, 0.2) is 4.99 Å². The van der Waals surface area contributed by atoms with Crippen molar-refractivity contribution < 1.29 is 4.79 Å². The second kappa shape index (κ2) is 10.9. The Morgan fingerprint density at radius 2 is 1.96 bits per heavy atom. The lowest BCUT2D eigenvalue weighted by atomic mass is 9.85. The van der Waals surface area contributed by atoms with Crippen LogP contribution in [-0.4, -0.2) is 75.0 Å². The summed E-state index contributed by atoms with van der Waals surface area (Å²) in [4.78, 5) is 21.8. The van der Waals surface area contributed by atoms with Crippen molar-refractivity contribution in [3.63, 3.8) is 0 Å². The Labute approximate surface area is 166 Å². The number of rotatable bonds is 8. The van der Waals surface area contributed by atoms with Gasteiger partial charge in [0.25, 0.3) is 0 Å². The maximum Gasteiger partial charge on any atom is 0.230 e. The molecule has 2 fully saturated rings. The van der Waals surface area contributed by atoms with E-state index in [4.69, 9.17) is 4.99 Å². The van der Waals surface area contributed by atoms with E-state index in [0.29, 0.717) is 6.54 Å². The van der Waals surface area contributed by atoms with E-state index in [1.807, 2.05) is 14.1 Å². The number of hydrogen-bond acceptors (Lipinski definition) is 3. The molecule has 0 aromatic carbocycles. The summed E-state index contributed by atoms with van der Waals surface area (Å²) in [5.41, 5.74) is -0.296. The Morgan fingerprint density at radius 3 is 2.59 bits per heavy atom. The van der Waals surface area contributed by atoms with Crippen LogP contribution in [-0.2, 0) is 4.79 Å². The van der Waals surface area contributed by atoms with E-state index in [1.165, 1.54) is 25.9 Å². The van der Waals surface area contributed by atoms with Crippen molar-refractivity contribution in [3.8, 4) is 0 Å². The van der Waals surface area contributed by atoms with Gasteiger partial charge in [-0.2, -0.15) is 0 Å². The van der Waals surface area contributed by atoms with Gasteiger partial charge in [0.2, 0.25) is 5.91 Å². The summed E-state index contributed by atoms with van der Waals surface area (Å²) in [6.45, 7) is 10.4. The number of guanidine groups is 1. The minimum atomic E-state index is -0.296. The topological polar surface area (TPSA) is 60.0 Å². The summed E-state index contributed by atoms with van der Waals surface area (Å²) in [5.74, 6) is 1.92. The Morgan fingerprint density at radius 1 is 1.22 bits per heavy atom. The molecule has 1 unspecified atom stereocenters. The highest BCUT2D eigenvalue weighted by Crippen LogP contribution is 2.39. The molecule has 0 bridgehead atoms. The molecule has 1 aliphatic carbocycles. The molecule has 1 atom stereocenters. The molecule has 2 N–H and O–H groups in total. The maximum absolute atomic E-state index is 12.7. The molecule has 1 aliphatic heterocycles. The molecule has 1 amide bonds. The van der Waals surface area contributed by atoms with Gasteiger partial charge in [0.05, 0.1) is 12.0 Å². The summed E-state index contributed by atoms with van der Waals surface area (Å²) >= 11 is 0. The molecule has 0 aromatic rings. The molecule has 27 heavy (non-hydrogen) atoms. The van der Waals surface area contributed by atoms with Gasteiger partial charge in [-0.05, 0) is 58.0 Å². The second-order valence-corrected chi connectivity index (χ2v) is 8.71. The Balaban J connectivity index is 1.83. The van der Waals surface area contributed by atoms with Gasteiger partial charge in [-0.15, -0.1) is 0 Å². The van der Waals surface area contributed by atoms with E-state index in [0.717, 1.165) is 63.6 Å². The van der Waals surface area contributed by atoms with Crippen molar-refractivity contribution in [2.45, 2.75) is 58.8 Å². The van der Waals surface area contributed by atoms with Crippen molar-refractivity contribution in [1.82, 2.24) is 20.4 Å². The van der Waals surface area contributed by atoms with Crippen molar-refractivity contribution in [2.24, 2.45) is 16.3 Å². The van der Waals surface area contributed by atoms with Crippen LogP contribution in [0.1, 0.15) is 58.8 Å². The van der Waals surface area contributed by atoms with Crippen LogP contribution < -0.4 is 10.6 Å². The van der Waals surface area contributed by atoms with Gasteiger partial charge in [0, 0.05) is 33.7 Å². The highest BCUT2D eigenvalue weighted by atomic mass is 16.2. The number of nitrogens with one attached hydrogen (secondary N) is 2. The minimum Gasteiger partial charge on any atom is -0.357 e. The summed E-state index contributed by atoms with van der Waals surface area (Å²) in [6, 6.07) is 0. The first-order chi connectivity index (χ1) is 13.0. The lowest BCUT2D eigenvalue weighted by Gasteiger charge is -2.31. The number of likely N-dealkylation sites (tertiary alicyclic amines) is 1. The van der Waals surface area contributed by atoms with Crippen LogP contribution in [0.4, 0.5) is 0 Å². The lowest BCUT2D eigenvalue weighted by Crippen LogP contribution is -2.43. The number of piperidine rings is 1. The fourth-order valence-electron chi connectivity index (χ4n) is 4.54. The summed E-state index contributed by atoms with van der Waals surface area (Å²) in [7, 11) is 3.72. The quantitative estimate of drug-likeness (QED) is 0.386.